The Hall–Kier alpha value is -2.87. The van der Waals surface area contributed by atoms with Gasteiger partial charge < -0.3 is 9.64 Å². The van der Waals surface area contributed by atoms with Crippen LogP contribution in [0.15, 0.2) is 83.8 Å². The molecule has 0 aliphatic carbocycles. The Bertz CT molecular complexity index is 1260. The lowest BCUT2D eigenvalue weighted by Crippen LogP contribution is -2.45. The lowest BCUT2D eigenvalue weighted by atomic mass is 9.90. The van der Waals surface area contributed by atoms with Gasteiger partial charge in [0.1, 0.15) is 10.6 Å². The van der Waals surface area contributed by atoms with E-state index in [2.05, 4.69) is 12.1 Å². The number of carbonyl (C=O) groups is 1. The van der Waals surface area contributed by atoms with Gasteiger partial charge in [-0.15, -0.1) is 0 Å². The van der Waals surface area contributed by atoms with Gasteiger partial charge in [0.25, 0.3) is 0 Å². The monoisotopic (exact) mass is 526 g/mol. The SMILES string of the molecule is COc1ccc(Cl)cc1S(=O)(=O)N(CC(=O)N1CCC(Cc2ccccc2)CC1)Cc1ccccc1. The number of sulfonamides is 1. The highest BCUT2D eigenvalue weighted by Gasteiger charge is 2.32. The summed E-state index contributed by atoms with van der Waals surface area (Å²) in [4.78, 5) is 15.1. The summed E-state index contributed by atoms with van der Waals surface area (Å²) in [5.74, 6) is 0.497. The Labute approximate surface area is 218 Å². The van der Waals surface area contributed by atoms with Crippen molar-refractivity contribution in [3.8, 4) is 5.75 Å². The quantitative estimate of drug-likeness (QED) is 0.392. The predicted molar refractivity (Wildman–Crippen MR) is 141 cm³/mol. The molecule has 1 heterocycles. The summed E-state index contributed by atoms with van der Waals surface area (Å²) in [5, 5.41) is 0.279. The number of amides is 1. The van der Waals surface area contributed by atoms with Crippen molar-refractivity contribution in [3.05, 3.63) is 95.0 Å². The van der Waals surface area contributed by atoms with E-state index in [4.69, 9.17) is 16.3 Å². The van der Waals surface area contributed by atoms with E-state index in [1.807, 2.05) is 48.5 Å². The Kier molecular flexibility index (Phi) is 8.67. The second-order valence-corrected chi connectivity index (χ2v) is 11.4. The molecule has 1 saturated heterocycles. The van der Waals surface area contributed by atoms with Crippen LogP contribution in [0, 0.1) is 5.92 Å². The van der Waals surface area contributed by atoms with Gasteiger partial charge in [-0.2, -0.15) is 4.31 Å². The minimum Gasteiger partial charge on any atom is -0.495 e. The Balaban J connectivity index is 1.50. The fourth-order valence-electron chi connectivity index (χ4n) is 4.59. The molecule has 0 radical (unpaired) electrons. The molecule has 0 saturated carbocycles. The van der Waals surface area contributed by atoms with Gasteiger partial charge in [-0.05, 0) is 54.5 Å². The molecule has 0 unspecified atom stereocenters. The summed E-state index contributed by atoms with van der Waals surface area (Å²) in [6.45, 7) is 1.05. The average Bonchev–Trinajstić information content (AvgIpc) is 2.90. The summed E-state index contributed by atoms with van der Waals surface area (Å²) < 4.78 is 34.0. The Morgan fingerprint density at radius 2 is 1.58 bits per heavy atom. The number of hydrogen-bond donors (Lipinski definition) is 0. The molecule has 1 fully saturated rings. The van der Waals surface area contributed by atoms with Crippen LogP contribution in [0.4, 0.5) is 0 Å². The van der Waals surface area contributed by atoms with Gasteiger partial charge in [-0.25, -0.2) is 8.42 Å². The van der Waals surface area contributed by atoms with Crippen molar-refractivity contribution in [1.29, 1.82) is 0 Å². The largest absolute Gasteiger partial charge is 0.495 e. The smallest absolute Gasteiger partial charge is 0.247 e. The summed E-state index contributed by atoms with van der Waals surface area (Å²) in [6, 6.07) is 24.1. The van der Waals surface area contributed by atoms with Crippen molar-refractivity contribution >= 4 is 27.5 Å². The van der Waals surface area contributed by atoms with Crippen LogP contribution in [-0.4, -0.2) is 50.3 Å². The number of carbonyl (C=O) groups excluding carboxylic acids is 1. The van der Waals surface area contributed by atoms with E-state index in [1.54, 1.807) is 11.0 Å². The maximum atomic E-state index is 13.8. The van der Waals surface area contributed by atoms with Gasteiger partial charge in [0.05, 0.1) is 13.7 Å². The molecule has 1 amide bonds. The molecule has 1 aliphatic heterocycles. The molecule has 0 N–H and O–H groups in total. The van der Waals surface area contributed by atoms with Gasteiger partial charge in [0, 0.05) is 24.7 Å². The van der Waals surface area contributed by atoms with Crippen LogP contribution in [0.3, 0.4) is 0 Å². The standard InChI is InChI=1S/C28H31ClN2O4S/c1-35-26-13-12-25(29)19-27(26)36(33,34)31(20-24-10-6-3-7-11-24)21-28(32)30-16-14-23(15-17-30)18-22-8-4-2-5-9-22/h2-13,19,23H,14-18,20-21H2,1H3. The van der Waals surface area contributed by atoms with Crippen molar-refractivity contribution in [2.75, 3.05) is 26.7 Å². The lowest BCUT2D eigenvalue weighted by molar-refractivity contribution is -0.132. The highest BCUT2D eigenvalue weighted by atomic mass is 35.5. The molecule has 0 atom stereocenters. The summed E-state index contributed by atoms with van der Waals surface area (Å²) in [5.41, 5.74) is 2.09. The van der Waals surface area contributed by atoms with Crippen LogP contribution < -0.4 is 4.74 Å². The minimum absolute atomic E-state index is 0.0530. The molecule has 8 heteroatoms. The number of ether oxygens (including phenoxy) is 1. The van der Waals surface area contributed by atoms with Gasteiger partial charge >= 0.3 is 0 Å². The van der Waals surface area contributed by atoms with Gasteiger partial charge in [-0.1, -0.05) is 72.3 Å². The normalized spacial score (nSPS) is 14.7. The molecule has 0 spiro atoms. The van der Waals surface area contributed by atoms with Gasteiger partial charge in [0.15, 0.2) is 0 Å². The fraction of sp³-hybridized carbons (Fsp3) is 0.321. The van der Waals surface area contributed by atoms with Crippen LogP contribution in [0.5, 0.6) is 5.75 Å². The Morgan fingerprint density at radius 1 is 0.972 bits per heavy atom. The van der Waals surface area contributed by atoms with E-state index >= 15 is 0 Å². The van der Waals surface area contributed by atoms with E-state index in [1.165, 1.54) is 29.1 Å². The first-order valence-corrected chi connectivity index (χ1v) is 13.9. The molecule has 4 rings (SSSR count). The molecule has 3 aromatic carbocycles. The number of hydrogen-bond acceptors (Lipinski definition) is 4. The van der Waals surface area contributed by atoms with E-state index < -0.39 is 10.0 Å². The number of benzene rings is 3. The third-order valence-corrected chi connectivity index (χ3v) is 8.64. The molecule has 190 valence electrons. The van der Waals surface area contributed by atoms with E-state index in [-0.39, 0.29) is 34.7 Å². The molecule has 0 aromatic heterocycles. The third kappa shape index (κ3) is 6.46. The minimum atomic E-state index is -4.07. The first-order valence-electron chi connectivity index (χ1n) is 12.1. The van der Waals surface area contributed by atoms with Crippen molar-refractivity contribution < 1.29 is 17.9 Å². The maximum Gasteiger partial charge on any atom is 0.247 e. The molecule has 0 bridgehead atoms. The van der Waals surface area contributed by atoms with E-state index in [0.29, 0.717) is 19.0 Å². The molecule has 1 aliphatic rings. The number of nitrogens with zero attached hydrogens (tertiary/aromatic N) is 2. The summed E-state index contributed by atoms with van der Waals surface area (Å²) in [6.07, 6.45) is 2.79. The number of halogens is 1. The summed E-state index contributed by atoms with van der Waals surface area (Å²) >= 11 is 6.13. The molecule has 3 aromatic rings. The highest BCUT2D eigenvalue weighted by Crippen LogP contribution is 2.31. The average molecular weight is 527 g/mol. The van der Waals surface area contributed by atoms with Crippen molar-refractivity contribution in [3.63, 3.8) is 0 Å². The fourth-order valence-corrected chi connectivity index (χ4v) is 6.38. The number of piperidine rings is 1. The zero-order chi connectivity index (χ0) is 25.5. The Morgan fingerprint density at radius 3 is 2.19 bits per heavy atom. The van der Waals surface area contributed by atoms with Crippen LogP contribution >= 0.6 is 11.6 Å². The summed E-state index contributed by atoms with van der Waals surface area (Å²) in [7, 11) is -2.66. The van der Waals surface area contributed by atoms with Crippen molar-refractivity contribution in [2.24, 2.45) is 5.92 Å². The molecular formula is C28H31ClN2O4S. The molecule has 36 heavy (non-hydrogen) atoms. The molecule has 6 nitrogen and oxygen atoms in total. The van der Waals surface area contributed by atoms with E-state index in [9.17, 15) is 13.2 Å². The lowest BCUT2D eigenvalue weighted by Gasteiger charge is -2.33. The van der Waals surface area contributed by atoms with Crippen molar-refractivity contribution in [2.45, 2.75) is 30.7 Å². The van der Waals surface area contributed by atoms with Crippen LogP contribution in [-0.2, 0) is 27.8 Å². The second-order valence-electron chi connectivity index (χ2n) is 9.07. The molecular weight excluding hydrogens is 496 g/mol. The second kappa shape index (κ2) is 11.9. The number of likely N-dealkylation sites (tertiary alicyclic amines) is 1. The predicted octanol–water partition coefficient (Wildman–Crippen LogP) is 5.02. The van der Waals surface area contributed by atoms with Gasteiger partial charge in [-0.3, -0.25) is 4.79 Å². The number of rotatable bonds is 9. The van der Waals surface area contributed by atoms with Crippen LogP contribution in [0.1, 0.15) is 24.0 Å². The van der Waals surface area contributed by atoms with Crippen LogP contribution in [0.25, 0.3) is 0 Å². The first kappa shape index (κ1) is 26.2. The zero-order valence-electron chi connectivity index (χ0n) is 20.3. The third-order valence-electron chi connectivity index (χ3n) is 6.59. The number of methoxy groups -OCH3 is 1. The van der Waals surface area contributed by atoms with Gasteiger partial charge in [0.2, 0.25) is 15.9 Å². The van der Waals surface area contributed by atoms with Crippen LogP contribution in [0.2, 0.25) is 5.02 Å². The maximum absolute atomic E-state index is 13.8. The van der Waals surface area contributed by atoms with Crippen molar-refractivity contribution in [1.82, 2.24) is 9.21 Å². The first-order chi connectivity index (χ1) is 17.4. The zero-order valence-corrected chi connectivity index (χ0v) is 21.9. The highest BCUT2D eigenvalue weighted by molar-refractivity contribution is 7.89. The topological polar surface area (TPSA) is 66.9 Å². The van der Waals surface area contributed by atoms with E-state index in [0.717, 1.165) is 24.8 Å².